The Morgan fingerprint density at radius 2 is 1.93 bits per heavy atom. The first kappa shape index (κ1) is 19.6. The summed E-state index contributed by atoms with van der Waals surface area (Å²) in [5.74, 6) is -0.101. The van der Waals surface area contributed by atoms with E-state index in [1.54, 1.807) is 29.8 Å². The summed E-state index contributed by atoms with van der Waals surface area (Å²) in [6, 6.07) is 7.01. The first-order valence-electron chi connectivity index (χ1n) is 9.59. The molecule has 5 rings (SSSR count). The summed E-state index contributed by atoms with van der Waals surface area (Å²) in [5, 5.41) is 0.920. The Balaban J connectivity index is 0.000000402. The first-order valence-corrected chi connectivity index (χ1v) is 9.59. The number of aldehydes is 1. The van der Waals surface area contributed by atoms with Crippen LogP contribution >= 0.6 is 0 Å². The van der Waals surface area contributed by atoms with E-state index in [2.05, 4.69) is 9.97 Å². The van der Waals surface area contributed by atoms with Crippen LogP contribution in [0.4, 0.5) is 10.2 Å². The van der Waals surface area contributed by atoms with Crippen molar-refractivity contribution in [1.29, 1.82) is 0 Å². The summed E-state index contributed by atoms with van der Waals surface area (Å²) >= 11 is 0. The third-order valence-electron chi connectivity index (χ3n) is 4.49. The van der Waals surface area contributed by atoms with Gasteiger partial charge in [-0.3, -0.25) is 9.20 Å². The molecule has 1 aliphatic rings. The molecule has 0 spiro atoms. The number of H-pyrrole nitrogens is 1. The van der Waals surface area contributed by atoms with Crippen molar-refractivity contribution in [3.63, 3.8) is 0 Å². The number of nitrogens with two attached hydrogens (primary N) is 1. The minimum Gasteiger partial charge on any atom is -0.382 e. The van der Waals surface area contributed by atoms with Gasteiger partial charge in [0, 0.05) is 23.3 Å². The smallest absolute Gasteiger partial charge is 0.170 e. The van der Waals surface area contributed by atoms with Crippen molar-refractivity contribution >= 4 is 28.7 Å². The van der Waals surface area contributed by atoms with Gasteiger partial charge in [0.15, 0.2) is 12.1 Å². The molecule has 3 heterocycles. The molecule has 4 aromatic rings. The van der Waals surface area contributed by atoms with E-state index in [9.17, 15) is 9.18 Å². The Bertz CT molecular complexity index is 1120. The zero-order chi connectivity index (χ0) is 20.3. The monoisotopic (exact) mass is 380 g/mol. The molecule has 3 N–H and O–H groups in total. The molecule has 1 aromatic carbocycles. The number of rotatable bonds is 2. The molecule has 1 saturated carbocycles. The van der Waals surface area contributed by atoms with Gasteiger partial charge in [-0.1, -0.05) is 33.1 Å². The van der Waals surface area contributed by atoms with E-state index in [-0.39, 0.29) is 11.6 Å². The van der Waals surface area contributed by atoms with E-state index in [4.69, 9.17) is 5.73 Å². The number of imidazole rings is 1. The highest BCUT2D eigenvalue weighted by Crippen LogP contribution is 2.33. The van der Waals surface area contributed by atoms with Gasteiger partial charge in [0.1, 0.15) is 17.2 Å². The maximum Gasteiger partial charge on any atom is 0.170 e. The standard InChI is InChI=1S/C17H13FN4O.C3H6.C2H6/c1-9-12(18)6-13-11(4-5-20-13)16(9)10-2-3-15-21-17(19)14(8-23)22(15)7-10;1-2-3-1;1-2/h2-8,20H,19H2,1H3;1-3H2;1-2H3. The van der Waals surface area contributed by atoms with Crippen molar-refractivity contribution in [3.05, 3.63) is 53.7 Å². The van der Waals surface area contributed by atoms with Gasteiger partial charge in [0.05, 0.1) is 0 Å². The van der Waals surface area contributed by atoms with Crippen LogP contribution in [0.5, 0.6) is 0 Å². The number of nitrogen functional groups attached to an aromatic ring is 1. The lowest BCUT2D eigenvalue weighted by Crippen LogP contribution is -1.96. The third-order valence-corrected chi connectivity index (χ3v) is 4.49. The second-order valence-corrected chi connectivity index (χ2v) is 6.50. The van der Waals surface area contributed by atoms with Gasteiger partial charge in [0.2, 0.25) is 0 Å². The average molecular weight is 380 g/mol. The summed E-state index contributed by atoms with van der Waals surface area (Å²) in [7, 11) is 0. The molecule has 0 atom stereocenters. The van der Waals surface area contributed by atoms with Gasteiger partial charge in [-0.2, -0.15) is 0 Å². The van der Waals surface area contributed by atoms with Gasteiger partial charge in [-0.25, -0.2) is 9.37 Å². The lowest BCUT2D eigenvalue weighted by atomic mass is 9.97. The normalized spacial score (nSPS) is 12.1. The van der Waals surface area contributed by atoms with Crippen LogP contribution in [-0.2, 0) is 0 Å². The number of pyridine rings is 1. The number of aromatic amines is 1. The number of carbonyl (C=O) groups excluding carboxylic acids is 1. The van der Waals surface area contributed by atoms with E-state index in [1.165, 1.54) is 25.3 Å². The highest BCUT2D eigenvalue weighted by atomic mass is 19.1. The molecule has 1 aliphatic carbocycles. The van der Waals surface area contributed by atoms with Crippen molar-refractivity contribution in [1.82, 2.24) is 14.4 Å². The second kappa shape index (κ2) is 8.25. The maximum absolute atomic E-state index is 14.2. The number of nitrogens with one attached hydrogen (secondary N) is 1. The molecule has 0 aliphatic heterocycles. The lowest BCUT2D eigenvalue weighted by Gasteiger charge is -2.10. The van der Waals surface area contributed by atoms with Gasteiger partial charge >= 0.3 is 0 Å². The SMILES string of the molecule is C1CC1.CC.Cc1c(F)cc2[nH]ccc2c1-c1ccc2nc(N)c(C=O)n2c1. The number of benzene rings is 1. The highest BCUT2D eigenvalue weighted by Gasteiger charge is 2.15. The topological polar surface area (TPSA) is 76.2 Å². The number of fused-ring (bicyclic) bond motifs is 2. The molecule has 146 valence electrons. The van der Waals surface area contributed by atoms with E-state index in [0.717, 1.165) is 22.0 Å². The molecule has 5 nitrogen and oxygen atoms in total. The number of carbonyl (C=O) groups is 1. The summed E-state index contributed by atoms with van der Waals surface area (Å²) in [6.45, 7) is 5.74. The number of hydrogen-bond acceptors (Lipinski definition) is 3. The fourth-order valence-electron chi connectivity index (χ4n) is 2.99. The number of nitrogens with zero attached hydrogens (tertiary/aromatic N) is 2. The fraction of sp³-hybridized carbons (Fsp3) is 0.273. The molecular formula is C22H25FN4O. The van der Waals surface area contributed by atoms with Crippen LogP contribution in [0.1, 0.15) is 49.2 Å². The number of hydrogen-bond donors (Lipinski definition) is 2. The summed E-state index contributed by atoms with van der Waals surface area (Å²) < 4.78 is 15.8. The molecule has 3 aromatic heterocycles. The van der Waals surface area contributed by atoms with E-state index in [1.807, 2.05) is 26.0 Å². The number of aromatic nitrogens is 3. The second-order valence-electron chi connectivity index (χ2n) is 6.50. The molecule has 0 unspecified atom stereocenters. The van der Waals surface area contributed by atoms with Crippen LogP contribution in [0.3, 0.4) is 0 Å². The van der Waals surface area contributed by atoms with Gasteiger partial charge in [-0.05, 0) is 47.9 Å². The number of halogens is 1. The van der Waals surface area contributed by atoms with Crippen LogP contribution in [-0.4, -0.2) is 20.7 Å². The molecular weight excluding hydrogens is 355 g/mol. The van der Waals surface area contributed by atoms with Crippen molar-refractivity contribution in [2.45, 2.75) is 40.0 Å². The third kappa shape index (κ3) is 3.63. The molecule has 28 heavy (non-hydrogen) atoms. The number of anilines is 1. The van der Waals surface area contributed by atoms with E-state index < -0.39 is 0 Å². The molecule has 0 radical (unpaired) electrons. The Kier molecular flexibility index (Phi) is 5.78. The van der Waals surface area contributed by atoms with E-state index >= 15 is 0 Å². The Hall–Kier alpha value is -3.15. The average Bonchev–Trinajstić information content (AvgIpc) is 3.46. The van der Waals surface area contributed by atoms with Crippen molar-refractivity contribution in [2.75, 3.05) is 5.73 Å². The minimum atomic E-state index is -0.282. The molecule has 1 fully saturated rings. The Morgan fingerprint density at radius 1 is 1.21 bits per heavy atom. The Morgan fingerprint density at radius 3 is 2.57 bits per heavy atom. The lowest BCUT2D eigenvalue weighted by molar-refractivity contribution is 0.111. The van der Waals surface area contributed by atoms with Gasteiger partial charge < -0.3 is 10.7 Å². The molecule has 6 heteroatoms. The summed E-state index contributed by atoms with van der Waals surface area (Å²) in [5.41, 5.74) is 9.48. The van der Waals surface area contributed by atoms with Crippen LogP contribution in [0.15, 0.2) is 36.7 Å². The van der Waals surface area contributed by atoms with Crippen molar-refractivity contribution < 1.29 is 9.18 Å². The highest BCUT2D eigenvalue weighted by molar-refractivity contribution is 5.97. The fourth-order valence-corrected chi connectivity index (χ4v) is 2.99. The quantitative estimate of drug-likeness (QED) is 0.450. The van der Waals surface area contributed by atoms with E-state index in [0.29, 0.717) is 23.2 Å². The zero-order valence-corrected chi connectivity index (χ0v) is 16.4. The maximum atomic E-state index is 14.2. The van der Waals surface area contributed by atoms with Crippen LogP contribution in [0.25, 0.3) is 27.7 Å². The molecule has 0 saturated heterocycles. The largest absolute Gasteiger partial charge is 0.382 e. The van der Waals surface area contributed by atoms with Crippen molar-refractivity contribution in [2.24, 2.45) is 0 Å². The molecule has 0 bridgehead atoms. The summed E-state index contributed by atoms with van der Waals surface area (Å²) in [4.78, 5) is 18.4. The first-order chi connectivity index (χ1) is 13.6. The summed E-state index contributed by atoms with van der Waals surface area (Å²) in [6.07, 6.45) is 8.71. The van der Waals surface area contributed by atoms with Crippen molar-refractivity contribution in [3.8, 4) is 11.1 Å². The minimum absolute atomic E-state index is 0.180. The molecule has 0 amide bonds. The van der Waals surface area contributed by atoms with Crippen LogP contribution < -0.4 is 5.73 Å². The Labute approximate surface area is 163 Å². The van der Waals surface area contributed by atoms with Gasteiger partial charge in [-0.15, -0.1) is 0 Å². The predicted octanol–water partition coefficient (Wildman–Crippen LogP) is 5.52. The predicted molar refractivity (Wildman–Crippen MR) is 112 cm³/mol. The van der Waals surface area contributed by atoms with Crippen LogP contribution in [0, 0.1) is 12.7 Å². The van der Waals surface area contributed by atoms with Gasteiger partial charge in [0.25, 0.3) is 0 Å². The zero-order valence-electron chi connectivity index (χ0n) is 16.4. The van der Waals surface area contributed by atoms with Crippen LogP contribution in [0.2, 0.25) is 0 Å².